The van der Waals surface area contributed by atoms with Gasteiger partial charge in [-0.2, -0.15) is 5.10 Å². The first-order valence-corrected chi connectivity index (χ1v) is 8.38. The van der Waals surface area contributed by atoms with Crippen LogP contribution in [0.3, 0.4) is 0 Å². The van der Waals surface area contributed by atoms with Crippen molar-refractivity contribution in [3.8, 4) is 0 Å². The van der Waals surface area contributed by atoms with E-state index in [9.17, 15) is 9.59 Å². The van der Waals surface area contributed by atoms with E-state index in [2.05, 4.69) is 10.4 Å². The molecule has 0 radical (unpaired) electrons. The number of aryl methyl sites for hydroxylation is 1. The zero-order chi connectivity index (χ0) is 17.8. The van der Waals surface area contributed by atoms with E-state index in [1.54, 1.807) is 15.8 Å². The second kappa shape index (κ2) is 7.48. The highest BCUT2D eigenvalue weighted by Crippen LogP contribution is 2.29. The Morgan fingerprint density at radius 2 is 2.16 bits per heavy atom. The summed E-state index contributed by atoms with van der Waals surface area (Å²) in [5.74, 6) is 0.000816. The Morgan fingerprint density at radius 3 is 2.84 bits per heavy atom. The Balaban J connectivity index is 1.62. The molecule has 2 heterocycles. The van der Waals surface area contributed by atoms with E-state index in [1.165, 1.54) is 0 Å². The van der Waals surface area contributed by atoms with Gasteiger partial charge in [-0.3, -0.25) is 19.2 Å². The smallest absolute Gasteiger partial charge is 0.238 e. The van der Waals surface area contributed by atoms with E-state index in [1.807, 2.05) is 49.5 Å². The summed E-state index contributed by atoms with van der Waals surface area (Å²) in [5, 5.41) is 7.07. The number of rotatable bonds is 6. The molecule has 0 unspecified atom stereocenters. The van der Waals surface area contributed by atoms with E-state index >= 15 is 0 Å². The van der Waals surface area contributed by atoms with Crippen LogP contribution in [0.15, 0.2) is 36.7 Å². The fourth-order valence-corrected chi connectivity index (χ4v) is 3.07. The third kappa shape index (κ3) is 4.24. The molecule has 0 saturated carbocycles. The fraction of sp³-hybridized carbons (Fsp3) is 0.389. The lowest BCUT2D eigenvalue weighted by atomic mass is 10.2. The minimum atomic E-state index is -0.106. The van der Waals surface area contributed by atoms with Gasteiger partial charge in [0, 0.05) is 38.3 Å². The average molecular weight is 341 g/mol. The quantitative estimate of drug-likeness (QED) is 0.867. The van der Waals surface area contributed by atoms with Gasteiger partial charge in [0.05, 0.1) is 24.1 Å². The normalized spacial score (nSPS) is 14.4. The highest BCUT2D eigenvalue weighted by Gasteiger charge is 2.24. The van der Waals surface area contributed by atoms with Gasteiger partial charge in [-0.05, 0) is 25.6 Å². The summed E-state index contributed by atoms with van der Waals surface area (Å²) in [5.41, 5.74) is 2.51. The van der Waals surface area contributed by atoms with Crippen molar-refractivity contribution in [1.82, 2.24) is 14.7 Å². The van der Waals surface area contributed by atoms with Crippen LogP contribution >= 0.6 is 0 Å². The minimum Gasteiger partial charge on any atom is -0.323 e. The van der Waals surface area contributed by atoms with Crippen LogP contribution in [0.1, 0.15) is 18.4 Å². The van der Waals surface area contributed by atoms with E-state index in [4.69, 9.17) is 0 Å². The van der Waals surface area contributed by atoms with Gasteiger partial charge in [-0.15, -0.1) is 0 Å². The SMILES string of the molecule is CN(CC(=O)Nc1ccccc1N1CCCC1=O)Cc1cnn(C)c1. The molecule has 25 heavy (non-hydrogen) atoms. The summed E-state index contributed by atoms with van der Waals surface area (Å²) < 4.78 is 1.74. The van der Waals surface area contributed by atoms with Crippen molar-refractivity contribution >= 4 is 23.2 Å². The van der Waals surface area contributed by atoms with Crippen molar-refractivity contribution in [2.45, 2.75) is 19.4 Å². The number of amides is 2. The monoisotopic (exact) mass is 341 g/mol. The lowest BCUT2D eigenvalue weighted by Crippen LogP contribution is -2.31. The van der Waals surface area contributed by atoms with Gasteiger partial charge < -0.3 is 10.2 Å². The molecule has 0 aliphatic carbocycles. The van der Waals surface area contributed by atoms with Crippen molar-refractivity contribution in [2.75, 3.05) is 30.4 Å². The molecule has 1 aromatic carbocycles. The molecule has 3 rings (SSSR count). The topological polar surface area (TPSA) is 70.5 Å². The third-order valence-corrected chi connectivity index (χ3v) is 4.17. The standard InChI is InChI=1S/C18H23N5O2/c1-21(11-14-10-19-22(2)12-14)13-17(24)20-15-6-3-4-7-16(15)23-9-5-8-18(23)25/h3-4,6-7,10,12H,5,8-9,11,13H2,1-2H3,(H,20,24). The maximum atomic E-state index is 12.4. The summed E-state index contributed by atoms with van der Waals surface area (Å²) in [6, 6.07) is 7.45. The molecular formula is C18H23N5O2. The fourth-order valence-electron chi connectivity index (χ4n) is 3.07. The molecule has 2 aromatic rings. The number of benzene rings is 1. The molecule has 1 aliphatic rings. The second-order valence-corrected chi connectivity index (χ2v) is 6.41. The van der Waals surface area contributed by atoms with Crippen LogP contribution in [0.5, 0.6) is 0 Å². The Labute approximate surface area is 147 Å². The van der Waals surface area contributed by atoms with Gasteiger partial charge in [-0.25, -0.2) is 0 Å². The van der Waals surface area contributed by atoms with Gasteiger partial charge in [0.1, 0.15) is 0 Å². The minimum absolute atomic E-state index is 0.106. The molecule has 1 N–H and O–H groups in total. The second-order valence-electron chi connectivity index (χ2n) is 6.41. The maximum absolute atomic E-state index is 12.4. The summed E-state index contributed by atoms with van der Waals surface area (Å²) in [6.07, 6.45) is 5.15. The zero-order valence-electron chi connectivity index (χ0n) is 14.6. The largest absolute Gasteiger partial charge is 0.323 e. The predicted octanol–water partition coefficient (Wildman–Crippen LogP) is 1.62. The Kier molecular flexibility index (Phi) is 5.14. The molecule has 7 heteroatoms. The summed E-state index contributed by atoms with van der Waals surface area (Å²) in [7, 11) is 3.76. The number of carbonyl (C=O) groups is 2. The predicted molar refractivity (Wildman–Crippen MR) is 96.2 cm³/mol. The van der Waals surface area contributed by atoms with Crippen molar-refractivity contribution in [2.24, 2.45) is 7.05 Å². The van der Waals surface area contributed by atoms with E-state index in [-0.39, 0.29) is 18.4 Å². The van der Waals surface area contributed by atoms with Crippen LogP contribution in [-0.4, -0.2) is 46.6 Å². The molecule has 132 valence electrons. The van der Waals surface area contributed by atoms with Crippen LogP contribution in [0.4, 0.5) is 11.4 Å². The highest BCUT2D eigenvalue weighted by atomic mass is 16.2. The molecule has 0 atom stereocenters. The molecule has 1 saturated heterocycles. The Hall–Kier alpha value is -2.67. The summed E-state index contributed by atoms with van der Waals surface area (Å²) >= 11 is 0. The maximum Gasteiger partial charge on any atom is 0.238 e. The first kappa shape index (κ1) is 17.2. The summed E-state index contributed by atoms with van der Waals surface area (Å²) in [6.45, 7) is 1.61. The van der Waals surface area contributed by atoms with Crippen LogP contribution in [0.25, 0.3) is 0 Å². The lowest BCUT2D eigenvalue weighted by Gasteiger charge is -2.21. The van der Waals surface area contributed by atoms with Gasteiger partial charge in [0.15, 0.2) is 0 Å². The van der Waals surface area contributed by atoms with Crippen molar-refractivity contribution in [1.29, 1.82) is 0 Å². The molecule has 1 aromatic heterocycles. The van der Waals surface area contributed by atoms with E-state index in [0.29, 0.717) is 25.2 Å². The Bertz CT molecular complexity index is 770. The van der Waals surface area contributed by atoms with E-state index in [0.717, 1.165) is 17.7 Å². The molecule has 0 spiro atoms. The van der Waals surface area contributed by atoms with Crippen LogP contribution in [0.2, 0.25) is 0 Å². The van der Waals surface area contributed by atoms with Crippen molar-refractivity contribution in [3.63, 3.8) is 0 Å². The first-order valence-electron chi connectivity index (χ1n) is 8.38. The highest BCUT2D eigenvalue weighted by molar-refractivity contribution is 6.02. The number of likely N-dealkylation sites (N-methyl/N-ethyl adjacent to an activating group) is 1. The number of para-hydroxylation sites is 2. The number of carbonyl (C=O) groups excluding carboxylic acids is 2. The number of aromatic nitrogens is 2. The molecular weight excluding hydrogens is 318 g/mol. The summed E-state index contributed by atoms with van der Waals surface area (Å²) in [4.78, 5) is 28.1. The molecule has 1 aliphatic heterocycles. The molecule has 7 nitrogen and oxygen atoms in total. The van der Waals surface area contributed by atoms with Crippen molar-refractivity contribution in [3.05, 3.63) is 42.2 Å². The van der Waals surface area contributed by atoms with Gasteiger partial charge in [-0.1, -0.05) is 12.1 Å². The number of hydrogen-bond donors (Lipinski definition) is 1. The number of nitrogens with one attached hydrogen (secondary N) is 1. The average Bonchev–Trinajstić information content (AvgIpc) is 3.16. The zero-order valence-corrected chi connectivity index (χ0v) is 14.6. The van der Waals surface area contributed by atoms with E-state index < -0.39 is 0 Å². The van der Waals surface area contributed by atoms with Crippen LogP contribution in [-0.2, 0) is 23.2 Å². The molecule has 0 bridgehead atoms. The number of hydrogen-bond acceptors (Lipinski definition) is 4. The third-order valence-electron chi connectivity index (χ3n) is 4.17. The van der Waals surface area contributed by atoms with Gasteiger partial charge >= 0.3 is 0 Å². The van der Waals surface area contributed by atoms with Gasteiger partial charge in [0.2, 0.25) is 11.8 Å². The molecule has 1 fully saturated rings. The lowest BCUT2D eigenvalue weighted by molar-refractivity contribution is -0.118. The van der Waals surface area contributed by atoms with Gasteiger partial charge in [0.25, 0.3) is 0 Å². The number of anilines is 2. The van der Waals surface area contributed by atoms with Crippen molar-refractivity contribution < 1.29 is 9.59 Å². The Morgan fingerprint density at radius 1 is 1.36 bits per heavy atom. The number of nitrogens with zero attached hydrogens (tertiary/aromatic N) is 4. The molecule has 2 amide bonds. The first-order chi connectivity index (χ1) is 12.0. The van der Waals surface area contributed by atoms with Crippen LogP contribution < -0.4 is 10.2 Å². The van der Waals surface area contributed by atoms with Crippen LogP contribution in [0, 0.1) is 0 Å².